The smallest absolute Gasteiger partial charge is 0.243 e. The number of carbonyl (C=O) groups excluding carboxylic acids is 1. The van der Waals surface area contributed by atoms with Gasteiger partial charge in [-0.1, -0.05) is 29.8 Å². The first-order valence-electron chi connectivity index (χ1n) is 10.3. The largest absolute Gasteiger partial charge is 0.368 e. The Morgan fingerprint density at radius 3 is 2.03 bits per heavy atom. The molecule has 1 amide bonds. The van der Waals surface area contributed by atoms with E-state index >= 15 is 0 Å². The molecule has 30 heavy (non-hydrogen) atoms. The van der Waals surface area contributed by atoms with Crippen molar-refractivity contribution < 1.29 is 13.2 Å². The third kappa shape index (κ3) is 4.48. The van der Waals surface area contributed by atoms with Gasteiger partial charge in [-0.2, -0.15) is 4.31 Å². The zero-order chi connectivity index (χ0) is 21.1. The Bertz CT molecular complexity index is 966. The average Bonchev–Trinajstić information content (AvgIpc) is 2.80. The van der Waals surface area contributed by atoms with Crippen molar-refractivity contribution in [1.29, 1.82) is 0 Å². The van der Waals surface area contributed by atoms with Gasteiger partial charge in [-0.25, -0.2) is 8.42 Å². The fourth-order valence-electron chi connectivity index (χ4n) is 4.18. The Labute approximate surface area is 183 Å². The van der Waals surface area contributed by atoms with E-state index in [0.29, 0.717) is 44.0 Å². The van der Waals surface area contributed by atoms with Crippen LogP contribution in [0.2, 0.25) is 5.02 Å². The fraction of sp³-hybridized carbons (Fsp3) is 0.409. The molecule has 2 heterocycles. The molecule has 0 unspecified atom stereocenters. The molecule has 2 fully saturated rings. The quantitative estimate of drug-likeness (QED) is 0.722. The van der Waals surface area contributed by atoms with Gasteiger partial charge in [0.2, 0.25) is 15.9 Å². The number of rotatable bonds is 4. The van der Waals surface area contributed by atoms with Crippen LogP contribution in [0.1, 0.15) is 12.8 Å². The molecule has 0 aliphatic carbocycles. The van der Waals surface area contributed by atoms with Crippen LogP contribution in [0.4, 0.5) is 5.69 Å². The van der Waals surface area contributed by atoms with E-state index in [-0.39, 0.29) is 16.7 Å². The van der Waals surface area contributed by atoms with Crippen LogP contribution >= 0.6 is 11.6 Å². The molecule has 4 rings (SSSR count). The van der Waals surface area contributed by atoms with Gasteiger partial charge in [0.25, 0.3) is 0 Å². The molecule has 2 aromatic rings. The highest BCUT2D eigenvalue weighted by atomic mass is 35.5. The van der Waals surface area contributed by atoms with E-state index in [1.54, 1.807) is 12.1 Å². The van der Waals surface area contributed by atoms with Crippen LogP contribution in [0.25, 0.3) is 0 Å². The fourth-order valence-corrected chi connectivity index (χ4v) is 5.78. The third-order valence-corrected chi connectivity index (χ3v) is 8.13. The molecule has 6 nitrogen and oxygen atoms in total. The summed E-state index contributed by atoms with van der Waals surface area (Å²) in [6, 6.07) is 16.5. The molecule has 0 aromatic heterocycles. The number of hydrogen-bond donors (Lipinski definition) is 0. The standard InChI is InChI=1S/C22H26ClN3O3S/c23-19-6-8-21(9-7-19)30(28,29)26-12-10-18(11-13-26)22(27)25-16-14-24(15-17-25)20-4-2-1-3-5-20/h1-9,18H,10-17H2. The molecule has 0 saturated carbocycles. The van der Waals surface area contributed by atoms with Gasteiger partial charge >= 0.3 is 0 Å². The summed E-state index contributed by atoms with van der Waals surface area (Å²) in [7, 11) is -3.55. The van der Waals surface area contributed by atoms with Crippen molar-refractivity contribution in [2.45, 2.75) is 17.7 Å². The second-order valence-electron chi connectivity index (χ2n) is 7.78. The lowest BCUT2D eigenvalue weighted by atomic mass is 9.96. The number of halogens is 1. The zero-order valence-electron chi connectivity index (χ0n) is 16.8. The molecule has 0 spiro atoms. The Kier molecular flexibility index (Phi) is 6.32. The maximum absolute atomic E-state index is 13.0. The van der Waals surface area contributed by atoms with Crippen molar-refractivity contribution in [3.05, 3.63) is 59.6 Å². The van der Waals surface area contributed by atoms with Crippen LogP contribution < -0.4 is 4.90 Å². The third-order valence-electron chi connectivity index (χ3n) is 5.97. The molecule has 2 aliphatic heterocycles. The lowest BCUT2D eigenvalue weighted by molar-refractivity contribution is -0.137. The summed E-state index contributed by atoms with van der Waals surface area (Å²) in [5.74, 6) is 0.0520. The SMILES string of the molecule is O=C(C1CCN(S(=O)(=O)c2ccc(Cl)cc2)CC1)N1CCN(c2ccccc2)CC1. The monoisotopic (exact) mass is 447 g/mol. The summed E-state index contributed by atoms with van der Waals surface area (Å²) in [5, 5.41) is 0.505. The predicted molar refractivity (Wildman–Crippen MR) is 118 cm³/mol. The first kappa shape index (κ1) is 21.2. The summed E-state index contributed by atoms with van der Waals surface area (Å²) >= 11 is 5.87. The predicted octanol–water partition coefficient (Wildman–Crippen LogP) is 3.09. The second kappa shape index (κ2) is 8.96. The summed E-state index contributed by atoms with van der Waals surface area (Å²) < 4.78 is 27.1. The molecule has 0 bridgehead atoms. The molecule has 0 atom stereocenters. The number of piperazine rings is 1. The van der Waals surface area contributed by atoms with Crippen molar-refractivity contribution in [2.24, 2.45) is 5.92 Å². The lowest BCUT2D eigenvalue weighted by Crippen LogP contribution is -2.52. The van der Waals surface area contributed by atoms with Gasteiger partial charge < -0.3 is 9.80 Å². The van der Waals surface area contributed by atoms with E-state index in [1.165, 1.54) is 22.1 Å². The van der Waals surface area contributed by atoms with Gasteiger partial charge in [0.1, 0.15) is 0 Å². The minimum atomic E-state index is -3.55. The van der Waals surface area contributed by atoms with Gasteiger partial charge in [0.15, 0.2) is 0 Å². The van der Waals surface area contributed by atoms with Crippen LogP contribution in [0.15, 0.2) is 59.5 Å². The zero-order valence-corrected chi connectivity index (χ0v) is 18.4. The van der Waals surface area contributed by atoms with Crippen LogP contribution in [-0.2, 0) is 14.8 Å². The van der Waals surface area contributed by atoms with E-state index in [2.05, 4.69) is 17.0 Å². The average molecular weight is 448 g/mol. The van der Waals surface area contributed by atoms with E-state index in [1.807, 2.05) is 23.1 Å². The van der Waals surface area contributed by atoms with Gasteiger partial charge in [-0.05, 0) is 49.2 Å². The van der Waals surface area contributed by atoms with Crippen molar-refractivity contribution in [2.75, 3.05) is 44.2 Å². The maximum atomic E-state index is 13.0. The second-order valence-corrected chi connectivity index (χ2v) is 10.2. The van der Waals surface area contributed by atoms with Gasteiger partial charge in [0.05, 0.1) is 4.90 Å². The Hall–Kier alpha value is -2.09. The van der Waals surface area contributed by atoms with Crippen molar-refractivity contribution in [3.63, 3.8) is 0 Å². The number of nitrogens with zero attached hydrogens (tertiary/aromatic N) is 3. The number of para-hydroxylation sites is 1. The van der Waals surface area contributed by atoms with Gasteiger partial charge in [-0.15, -0.1) is 0 Å². The van der Waals surface area contributed by atoms with E-state index in [9.17, 15) is 13.2 Å². The normalized spacial score (nSPS) is 19.1. The summed E-state index contributed by atoms with van der Waals surface area (Å²) in [6.07, 6.45) is 1.12. The number of sulfonamides is 1. The van der Waals surface area contributed by atoms with Crippen molar-refractivity contribution in [1.82, 2.24) is 9.21 Å². The molecular formula is C22H26ClN3O3S. The Balaban J connectivity index is 1.31. The topological polar surface area (TPSA) is 60.9 Å². The van der Waals surface area contributed by atoms with Gasteiger partial charge in [0, 0.05) is 55.9 Å². The van der Waals surface area contributed by atoms with Crippen molar-refractivity contribution in [3.8, 4) is 0 Å². The van der Waals surface area contributed by atoms with Crippen LogP contribution in [-0.4, -0.2) is 62.8 Å². The summed E-state index contributed by atoms with van der Waals surface area (Å²) in [5.41, 5.74) is 1.19. The number of hydrogen-bond acceptors (Lipinski definition) is 4. The Morgan fingerprint density at radius 1 is 0.833 bits per heavy atom. The minimum Gasteiger partial charge on any atom is -0.368 e. The van der Waals surface area contributed by atoms with Gasteiger partial charge in [-0.3, -0.25) is 4.79 Å². The molecule has 2 aromatic carbocycles. The van der Waals surface area contributed by atoms with Crippen molar-refractivity contribution >= 4 is 33.2 Å². The molecule has 2 aliphatic rings. The first-order chi connectivity index (χ1) is 14.4. The number of piperidine rings is 1. The lowest BCUT2D eigenvalue weighted by Gasteiger charge is -2.39. The molecule has 160 valence electrons. The van der Waals surface area contributed by atoms with Crippen LogP contribution in [0, 0.1) is 5.92 Å². The van der Waals surface area contributed by atoms with E-state index in [4.69, 9.17) is 11.6 Å². The number of benzene rings is 2. The molecular weight excluding hydrogens is 422 g/mol. The van der Waals surface area contributed by atoms with Crippen LogP contribution in [0.5, 0.6) is 0 Å². The maximum Gasteiger partial charge on any atom is 0.243 e. The highest BCUT2D eigenvalue weighted by molar-refractivity contribution is 7.89. The molecule has 0 radical (unpaired) electrons. The molecule has 0 N–H and O–H groups in total. The highest BCUT2D eigenvalue weighted by Crippen LogP contribution is 2.26. The molecule has 8 heteroatoms. The highest BCUT2D eigenvalue weighted by Gasteiger charge is 2.34. The molecule has 2 saturated heterocycles. The first-order valence-corrected chi connectivity index (χ1v) is 12.1. The summed E-state index contributed by atoms with van der Waals surface area (Å²) in [6.45, 7) is 3.78. The summed E-state index contributed by atoms with van der Waals surface area (Å²) in [4.78, 5) is 17.5. The minimum absolute atomic E-state index is 0.107. The Morgan fingerprint density at radius 2 is 1.43 bits per heavy atom. The number of amides is 1. The number of carbonyl (C=O) groups is 1. The number of anilines is 1. The van der Waals surface area contributed by atoms with E-state index < -0.39 is 10.0 Å². The van der Waals surface area contributed by atoms with Crippen LogP contribution in [0.3, 0.4) is 0 Å². The van der Waals surface area contributed by atoms with E-state index in [0.717, 1.165) is 13.1 Å².